The van der Waals surface area contributed by atoms with Crippen LogP contribution in [-0.2, 0) is 9.47 Å². The number of nitrogens with one attached hydrogen (secondary N) is 2. The van der Waals surface area contributed by atoms with Gasteiger partial charge in [-0.25, -0.2) is 0 Å². The van der Waals surface area contributed by atoms with E-state index in [9.17, 15) is 0 Å². The summed E-state index contributed by atoms with van der Waals surface area (Å²) in [6, 6.07) is 8.79. The van der Waals surface area contributed by atoms with Crippen molar-refractivity contribution in [2.24, 2.45) is 10.9 Å². The van der Waals surface area contributed by atoms with E-state index in [4.69, 9.17) is 14.2 Å². The fraction of sp³-hybridized carbons (Fsp3) is 0.708. The molecule has 2 fully saturated rings. The Morgan fingerprint density at radius 1 is 1.19 bits per heavy atom. The smallest absolute Gasteiger partial charge is 0.191 e. The van der Waals surface area contributed by atoms with Crippen LogP contribution in [0.5, 0.6) is 5.75 Å². The first-order valence-electron chi connectivity index (χ1n) is 11.8. The minimum Gasteiger partial charge on any atom is -0.497 e. The molecule has 0 aromatic heterocycles. The van der Waals surface area contributed by atoms with Gasteiger partial charge >= 0.3 is 0 Å². The average molecular weight is 561 g/mol. The highest BCUT2D eigenvalue weighted by atomic mass is 127. The molecule has 32 heavy (non-hydrogen) atoms. The van der Waals surface area contributed by atoms with Gasteiger partial charge in [0, 0.05) is 39.3 Å². The van der Waals surface area contributed by atoms with Gasteiger partial charge in [0.05, 0.1) is 26.4 Å². The Kier molecular flexibility index (Phi) is 13.3. The highest BCUT2D eigenvalue weighted by Crippen LogP contribution is 2.25. The standard InChI is InChI=1S/C24H40N4O3.HI/c1-25-24(26-12-6-15-30-18-20-11-16-31-19-20)27-17-23(28-13-4-3-5-14-28)21-7-9-22(29-2)10-8-21;/h7-10,20,23H,3-6,11-19H2,1-2H3,(H2,25,26,27);1H. The van der Waals surface area contributed by atoms with Crippen molar-refractivity contribution < 1.29 is 14.2 Å². The number of likely N-dealkylation sites (tertiary alicyclic amines) is 1. The summed E-state index contributed by atoms with van der Waals surface area (Å²) in [5.74, 6) is 2.32. The number of aliphatic imine (C=N–C) groups is 1. The van der Waals surface area contributed by atoms with Gasteiger partial charge in [-0.2, -0.15) is 0 Å². The van der Waals surface area contributed by atoms with Gasteiger partial charge in [-0.15, -0.1) is 24.0 Å². The van der Waals surface area contributed by atoms with Crippen LogP contribution in [0.1, 0.15) is 43.7 Å². The van der Waals surface area contributed by atoms with Gasteiger partial charge < -0.3 is 24.8 Å². The zero-order valence-electron chi connectivity index (χ0n) is 19.7. The number of ether oxygens (including phenoxy) is 3. The Hall–Kier alpha value is -1.10. The monoisotopic (exact) mass is 560 g/mol. The number of benzene rings is 1. The minimum atomic E-state index is 0. The van der Waals surface area contributed by atoms with Gasteiger partial charge in [-0.05, 0) is 56.5 Å². The molecule has 2 saturated heterocycles. The summed E-state index contributed by atoms with van der Waals surface area (Å²) < 4.78 is 16.5. The number of hydrogen-bond donors (Lipinski definition) is 2. The lowest BCUT2D eigenvalue weighted by Gasteiger charge is -2.35. The molecule has 8 heteroatoms. The second-order valence-electron chi connectivity index (χ2n) is 8.42. The largest absolute Gasteiger partial charge is 0.497 e. The van der Waals surface area contributed by atoms with Crippen LogP contribution in [0.25, 0.3) is 0 Å². The van der Waals surface area contributed by atoms with Gasteiger partial charge in [0.15, 0.2) is 5.96 Å². The Bertz CT molecular complexity index is 647. The van der Waals surface area contributed by atoms with Gasteiger partial charge in [0.25, 0.3) is 0 Å². The Morgan fingerprint density at radius 3 is 2.62 bits per heavy atom. The summed E-state index contributed by atoms with van der Waals surface area (Å²) in [4.78, 5) is 7.00. The SMILES string of the molecule is CN=C(NCCCOCC1CCOC1)NCC(c1ccc(OC)cc1)N1CCCCC1.I. The van der Waals surface area contributed by atoms with Crippen LogP contribution >= 0.6 is 24.0 Å². The topological polar surface area (TPSA) is 67.4 Å². The number of rotatable bonds is 11. The first-order valence-corrected chi connectivity index (χ1v) is 11.8. The summed E-state index contributed by atoms with van der Waals surface area (Å²) in [6.45, 7) is 7.27. The molecule has 182 valence electrons. The lowest BCUT2D eigenvalue weighted by molar-refractivity contribution is 0.0888. The third kappa shape index (κ3) is 9.03. The highest BCUT2D eigenvalue weighted by Gasteiger charge is 2.22. The van der Waals surface area contributed by atoms with Crippen LogP contribution in [0.3, 0.4) is 0 Å². The van der Waals surface area contributed by atoms with E-state index in [0.717, 1.165) is 77.2 Å². The van der Waals surface area contributed by atoms with Crippen LogP contribution in [0, 0.1) is 5.92 Å². The Balaban J connectivity index is 0.00000363. The number of hydrogen-bond acceptors (Lipinski definition) is 5. The predicted octanol–water partition coefficient (Wildman–Crippen LogP) is 3.45. The van der Waals surface area contributed by atoms with E-state index in [1.807, 2.05) is 7.05 Å². The molecule has 1 aromatic carbocycles. The Labute approximate surface area is 210 Å². The summed E-state index contributed by atoms with van der Waals surface area (Å²) in [7, 11) is 3.54. The van der Waals surface area contributed by atoms with Crippen molar-refractivity contribution in [3.63, 3.8) is 0 Å². The number of halogens is 1. The van der Waals surface area contributed by atoms with Crippen molar-refractivity contribution in [1.82, 2.24) is 15.5 Å². The van der Waals surface area contributed by atoms with E-state index in [1.54, 1.807) is 7.11 Å². The van der Waals surface area contributed by atoms with E-state index < -0.39 is 0 Å². The maximum Gasteiger partial charge on any atom is 0.191 e. The molecule has 2 aliphatic rings. The molecule has 7 nitrogen and oxygen atoms in total. The molecule has 2 heterocycles. The lowest BCUT2D eigenvalue weighted by Crippen LogP contribution is -2.44. The average Bonchev–Trinajstić information content (AvgIpc) is 3.34. The van der Waals surface area contributed by atoms with E-state index in [2.05, 4.69) is 44.8 Å². The minimum absolute atomic E-state index is 0. The second-order valence-corrected chi connectivity index (χ2v) is 8.42. The van der Waals surface area contributed by atoms with Crippen LogP contribution in [0.15, 0.2) is 29.3 Å². The normalized spacial score (nSPS) is 20.4. The predicted molar refractivity (Wildman–Crippen MR) is 140 cm³/mol. The van der Waals surface area contributed by atoms with Crippen molar-refractivity contribution >= 4 is 29.9 Å². The lowest BCUT2D eigenvalue weighted by atomic mass is 10.0. The number of methoxy groups -OCH3 is 1. The van der Waals surface area contributed by atoms with Gasteiger partial charge in [-0.3, -0.25) is 9.89 Å². The zero-order chi connectivity index (χ0) is 21.7. The number of piperidine rings is 1. The maximum absolute atomic E-state index is 5.79. The molecule has 2 aliphatic heterocycles. The quantitative estimate of drug-likeness (QED) is 0.187. The van der Waals surface area contributed by atoms with Crippen molar-refractivity contribution in [2.75, 3.05) is 66.8 Å². The summed E-state index contributed by atoms with van der Waals surface area (Å²) >= 11 is 0. The first kappa shape index (κ1) is 27.1. The molecule has 0 spiro atoms. The van der Waals surface area contributed by atoms with Crippen LogP contribution in [0.2, 0.25) is 0 Å². The van der Waals surface area contributed by atoms with E-state index in [0.29, 0.717) is 12.0 Å². The number of nitrogens with zero attached hydrogens (tertiary/aromatic N) is 2. The first-order chi connectivity index (χ1) is 15.3. The fourth-order valence-electron chi connectivity index (χ4n) is 4.27. The molecular weight excluding hydrogens is 519 g/mol. The molecule has 1 aromatic rings. The summed E-state index contributed by atoms with van der Waals surface area (Å²) in [5, 5.41) is 6.96. The zero-order valence-corrected chi connectivity index (χ0v) is 22.0. The van der Waals surface area contributed by atoms with Crippen molar-refractivity contribution in [3.8, 4) is 5.75 Å². The number of guanidine groups is 1. The van der Waals surface area contributed by atoms with Gasteiger partial charge in [0.1, 0.15) is 5.75 Å². The van der Waals surface area contributed by atoms with Crippen molar-refractivity contribution in [2.45, 2.75) is 38.1 Å². The van der Waals surface area contributed by atoms with E-state index >= 15 is 0 Å². The molecule has 2 unspecified atom stereocenters. The second kappa shape index (κ2) is 15.7. The highest BCUT2D eigenvalue weighted by molar-refractivity contribution is 14.0. The Morgan fingerprint density at radius 2 is 1.97 bits per heavy atom. The van der Waals surface area contributed by atoms with Gasteiger partial charge in [0.2, 0.25) is 0 Å². The van der Waals surface area contributed by atoms with Crippen LogP contribution < -0.4 is 15.4 Å². The molecule has 0 amide bonds. The third-order valence-corrected chi connectivity index (χ3v) is 6.15. The molecule has 0 aliphatic carbocycles. The molecule has 0 saturated carbocycles. The maximum atomic E-state index is 5.79. The van der Waals surface area contributed by atoms with Gasteiger partial charge in [-0.1, -0.05) is 18.6 Å². The molecule has 3 rings (SSSR count). The summed E-state index contributed by atoms with van der Waals surface area (Å²) in [5.41, 5.74) is 1.31. The van der Waals surface area contributed by atoms with Crippen LogP contribution in [-0.4, -0.2) is 77.6 Å². The van der Waals surface area contributed by atoms with Crippen molar-refractivity contribution in [3.05, 3.63) is 29.8 Å². The molecule has 0 bridgehead atoms. The van der Waals surface area contributed by atoms with Crippen LogP contribution in [0.4, 0.5) is 0 Å². The molecule has 0 radical (unpaired) electrons. The third-order valence-electron chi connectivity index (χ3n) is 6.15. The molecule has 2 N–H and O–H groups in total. The molecule has 2 atom stereocenters. The van der Waals surface area contributed by atoms with E-state index in [1.165, 1.54) is 24.8 Å². The summed E-state index contributed by atoms with van der Waals surface area (Å²) in [6.07, 6.45) is 5.96. The van der Waals surface area contributed by atoms with Crippen molar-refractivity contribution in [1.29, 1.82) is 0 Å². The van der Waals surface area contributed by atoms with E-state index in [-0.39, 0.29) is 24.0 Å². The fourth-order valence-corrected chi connectivity index (χ4v) is 4.27. The molecular formula is C24H41IN4O3.